The molecule has 0 saturated heterocycles. The molecule has 0 amide bonds. The maximum Gasteiger partial charge on any atom is 0.303 e. The van der Waals surface area contributed by atoms with Gasteiger partial charge in [0.25, 0.3) is 0 Å². The smallest absolute Gasteiger partial charge is 0.303 e. The van der Waals surface area contributed by atoms with Crippen LogP contribution in [0.3, 0.4) is 0 Å². The quantitative estimate of drug-likeness (QED) is 0.768. The van der Waals surface area contributed by atoms with E-state index >= 15 is 0 Å². The lowest BCUT2D eigenvalue weighted by molar-refractivity contribution is -0.138. The predicted octanol–water partition coefficient (Wildman–Crippen LogP) is 0.943. The molecule has 0 atom stereocenters. The molecule has 0 unspecified atom stereocenters. The Labute approximate surface area is 112 Å². The maximum atomic E-state index is 12.0. The number of nitrogens with zero attached hydrogens (tertiary/aromatic N) is 2. The summed E-state index contributed by atoms with van der Waals surface area (Å²) in [5.74, 6) is -0.797. The second-order valence-electron chi connectivity index (χ2n) is 5.32. The van der Waals surface area contributed by atoms with Crippen molar-refractivity contribution in [1.82, 2.24) is 9.55 Å². The van der Waals surface area contributed by atoms with Crippen LogP contribution in [0.2, 0.25) is 0 Å². The summed E-state index contributed by atoms with van der Waals surface area (Å²) in [7, 11) is -3.17. The van der Waals surface area contributed by atoms with Crippen molar-refractivity contribution in [2.24, 2.45) is 5.41 Å². The van der Waals surface area contributed by atoms with Crippen molar-refractivity contribution in [3.05, 3.63) is 18.7 Å². The number of aromatic nitrogens is 2. The summed E-state index contributed by atoms with van der Waals surface area (Å²) in [5.41, 5.74) is -0.486. The number of sulfone groups is 1. The Hall–Kier alpha value is -1.37. The third kappa shape index (κ3) is 4.34. The number of carboxylic acid groups (broad SMARTS) is 1. The summed E-state index contributed by atoms with van der Waals surface area (Å²) < 4.78 is 25.8. The second kappa shape index (κ2) is 5.32. The number of carbonyl (C=O) groups is 1. The molecule has 1 saturated carbocycles. The first kappa shape index (κ1) is 14.0. The average molecular weight is 286 g/mol. The van der Waals surface area contributed by atoms with E-state index in [9.17, 15) is 13.2 Å². The standard InChI is InChI=1S/C12H18N2O4S/c15-11(16)8-12(2-3-12)9-19(17,18)7-1-5-14-6-4-13-10-14/h4,6,10H,1-3,5,7-9H2,(H,15,16). The minimum atomic E-state index is -3.17. The van der Waals surface area contributed by atoms with E-state index in [2.05, 4.69) is 4.98 Å². The number of imidazole rings is 1. The van der Waals surface area contributed by atoms with Crippen LogP contribution >= 0.6 is 0 Å². The van der Waals surface area contributed by atoms with Crippen molar-refractivity contribution < 1.29 is 18.3 Å². The van der Waals surface area contributed by atoms with Crippen LogP contribution in [0.15, 0.2) is 18.7 Å². The van der Waals surface area contributed by atoms with Crippen LogP contribution in [0.4, 0.5) is 0 Å². The molecule has 106 valence electrons. The third-order valence-electron chi connectivity index (χ3n) is 3.44. The summed E-state index contributed by atoms with van der Waals surface area (Å²) in [6.45, 7) is 0.616. The van der Waals surface area contributed by atoms with E-state index in [0.29, 0.717) is 25.8 Å². The molecule has 6 nitrogen and oxygen atoms in total. The molecule has 1 aromatic rings. The van der Waals surface area contributed by atoms with Gasteiger partial charge in [-0.1, -0.05) is 0 Å². The minimum absolute atomic E-state index is 0.0101. The van der Waals surface area contributed by atoms with Gasteiger partial charge in [0.05, 0.1) is 24.3 Å². The van der Waals surface area contributed by atoms with Crippen LogP contribution in [0, 0.1) is 5.41 Å². The van der Waals surface area contributed by atoms with Crippen molar-refractivity contribution in [2.75, 3.05) is 11.5 Å². The molecule has 1 aromatic heterocycles. The molecule has 0 radical (unpaired) electrons. The zero-order chi connectivity index (χ0) is 13.9. The molecule has 2 rings (SSSR count). The second-order valence-corrected chi connectivity index (χ2v) is 7.50. The first-order valence-corrected chi connectivity index (χ1v) is 8.11. The summed E-state index contributed by atoms with van der Waals surface area (Å²) in [6, 6.07) is 0. The zero-order valence-corrected chi connectivity index (χ0v) is 11.5. The molecular formula is C12H18N2O4S. The Morgan fingerprint density at radius 3 is 2.68 bits per heavy atom. The number of carboxylic acids is 1. The van der Waals surface area contributed by atoms with Gasteiger partial charge in [0.1, 0.15) is 0 Å². The highest BCUT2D eigenvalue weighted by Gasteiger charge is 2.47. The van der Waals surface area contributed by atoms with Gasteiger partial charge in [0.15, 0.2) is 9.84 Å². The SMILES string of the molecule is O=C(O)CC1(CS(=O)(=O)CCCn2ccnc2)CC1. The first-order chi connectivity index (χ1) is 8.91. The van der Waals surface area contributed by atoms with Gasteiger partial charge >= 0.3 is 5.97 Å². The van der Waals surface area contributed by atoms with Crippen molar-refractivity contribution in [1.29, 1.82) is 0 Å². The van der Waals surface area contributed by atoms with E-state index in [4.69, 9.17) is 5.11 Å². The fourth-order valence-corrected chi connectivity index (χ4v) is 4.33. The van der Waals surface area contributed by atoms with Crippen molar-refractivity contribution in [3.8, 4) is 0 Å². The van der Waals surface area contributed by atoms with E-state index in [-0.39, 0.29) is 17.9 Å². The number of rotatable bonds is 8. The monoisotopic (exact) mass is 286 g/mol. The van der Waals surface area contributed by atoms with E-state index in [1.54, 1.807) is 18.7 Å². The molecule has 19 heavy (non-hydrogen) atoms. The molecule has 1 aliphatic rings. The molecule has 7 heteroatoms. The third-order valence-corrected chi connectivity index (χ3v) is 5.40. The van der Waals surface area contributed by atoms with Crippen LogP contribution in [0.5, 0.6) is 0 Å². The molecular weight excluding hydrogens is 268 g/mol. The van der Waals surface area contributed by atoms with Gasteiger partial charge in [0.2, 0.25) is 0 Å². The Morgan fingerprint density at radius 1 is 1.42 bits per heavy atom. The van der Waals surface area contributed by atoms with Crippen LogP contribution in [-0.4, -0.2) is 40.6 Å². The topological polar surface area (TPSA) is 89.3 Å². The van der Waals surface area contributed by atoms with E-state index in [1.807, 2.05) is 4.57 Å². The Morgan fingerprint density at radius 2 is 2.16 bits per heavy atom. The number of aliphatic carboxylic acids is 1. The molecule has 1 heterocycles. The fourth-order valence-electron chi connectivity index (χ4n) is 2.29. The van der Waals surface area contributed by atoms with E-state index < -0.39 is 21.2 Å². The van der Waals surface area contributed by atoms with Crippen LogP contribution < -0.4 is 0 Å². The summed E-state index contributed by atoms with van der Waals surface area (Å²) in [4.78, 5) is 14.6. The summed E-state index contributed by atoms with van der Waals surface area (Å²) in [5, 5.41) is 8.78. The molecule has 0 bridgehead atoms. The molecule has 0 aromatic carbocycles. The van der Waals surface area contributed by atoms with Crippen LogP contribution in [0.25, 0.3) is 0 Å². The summed E-state index contributed by atoms with van der Waals surface area (Å²) >= 11 is 0. The highest BCUT2D eigenvalue weighted by molar-refractivity contribution is 7.91. The normalized spacial score (nSPS) is 17.3. The van der Waals surface area contributed by atoms with Gasteiger partial charge in [-0.2, -0.15) is 0 Å². The zero-order valence-electron chi connectivity index (χ0n) is 10.7. The van der Waals surface area contributed by atoms with Crippen molar-refractivity contribution in [3.63, 3.8) is 0 Å². The largest absolute Gasteiger partial charge is 0.481 e. The number of hydrogen-bond acceptors (Lipinski definition) is 4. The molecule has 0 aliphatic heterocycles. The van der Waals surface area contributed by atoms with Gasteiger partial charge in [-0.3, -0.25) is 4.79 Å². The lowest BCUT2D eigenvalue weighted by atomic mass is 10.1. The van der Waals surface area contributed by atoms with Gasteiger partial charge in [0, 0.05) is 18.9 Å². The van der Waals surface area contributed by atoms with E-state index in [0.717, 1.165) is 0 Å². The average Bonchev–Trinajstić information content (AvgIpc) is 2.82. The first-order valence-electron chi connectivity index (χ1n) is 6.29. The lowest BCUT2D eigenvalue weighted by Gasteiger charge is -2.12. The Bertz CT molecular complexity index is 532. The molecule has 0 spiro atoms. The number of aryl methyl sites for hydroxylation is 1. The van der Waals surface area contributed by atoms with Gasteiger partial charge in [-0.25, -0.2) is 13.4 Å². The lowest BCUT2D eigenvalue weighted by Crippen LogP contribution is -2.23. The minimum Gasteiger partial charge on any atom is -0.481 e. The van der Waals surface area contributed by atoms with Gasteiger partial charge in [-0.15, -0.1) is 0 Å². The predicted molar refractivity (Wildman–Crippen MR) is 69.4 cm³/mol. The highest BCUT2D eigenvalue weighted by atomic mass is 32.2. The van der Waals surface area contributed by atoms with Crippen molar-refractivity contribution in [2.45, 2.75) is 32.2 Å². The van der Waals surface area contributed by atoms with Crippen molar-refractivity contribution >= 4 is 15.8 Å². The highest BCUT2D eigenvalue weighted by Crippen LogP contribution is 2.49. The van der Waals surface area contributed by atoms with Gasteiger partial charge < -0.3 is 9.67 Å². The number of hydrogen-bond donors (Lipinski definition) is 1. The summed E-state index contributed by atoms with van der Waals surface area (Å²) in [6.07, 6.45) is 7.01. The van der Waals surface area contributed by atoms with E-state index in [1.165, 1.54) is 0 Å². The maximum absolute atomic E-state index is 12.0. The van der Waals surface area contributed by atoms with Crippen LogP contribution in [-0.2, 0) is 21.2 Å². The van der Waals surface area contributed by atoms with Crippen LogP contribution in [0.1, 0.15) is 25.7 Å². The molecule has 1 fully saturated rings. The fraction of sp³-hybridized carbons (Fsp3) is 0.667. The Kier molecular flexibility index (Phi) is 3.93. The molecule has 1 N–H and O–H groups in total. The Balaban J connectivity index is 1.80. The molecule has 1 aliphatic carbocycles. The van der Waals surface area contributed by atoms with Gasteiger partial charge in [-0.05, 0) is 24.7 Å².